The lowest BCUT2D eigenvalue weighted by molar-refractivity contribution is -0.384. The number of benzene rings is 2. The van der Waals surface area contributed by atoms with Gasteiger partial charge in [-0.2, -0.15) is 0 Å². The maximum absolute atomic E-state index is 12.5. The van der Waals surface area contributed by atoms with Crippen molar-refractivity contribution >= 4 is 28.2 Å². The molecule has 1 atom stereocenters. The largest absolute Gasteiger partial charge is 0.491 e. The number of aromatic nitrogens is 2. The number of nitro groups is 1. The number of ether oxygens (including phenoxy) is 1. The standard InChI is InChI=1S/C17H14ClN3O5/c18-11-1-4-14(5-2-11)26-9-13(22)8-20-10-19-16-6-3-12(21(24)25)7-15(16)17(20)23/h1-7,10,13,22H,8-9H2. The fourth-order valence-electron chi connectivity index (χ4n) is 2.39. The topological polar surface area (TPSA) is 107 Å². The van der Waals surface area contributed by atoms with Gasteiger partial charge in [0.25, 0.3) is 11.2 Å². The molecule has 0 radical (unpaired) electrons. The molecule has 0 saturated heterocycles. The van der Waals surface area contributed by atoms with Crippen LogP contribution in [0.4, 0.5) is 5.69 Å². The van der Waals surface area contributed by atoms with Crippen LogP contribution in [0.1, 0.15) is 0 Å². The van der Waals surface area contributed by atoms with E-state index in [4.69, 9.17) is 16.3 Å². The van der Waals surface area contributed by atoms with Crippen LogP contribution in [0, 0.1) is 10.1 Å². The van der Waals surface area contributed by atoms with Crippen molar-refractivity contribution in [1.29, 1.82) is 0 Å². The summed E-state index contributed by atoms with van der Waals surface area (Å²) < 4.78 is 6.64. The number of nitrogens with zero attached hydrogens (tertiary/aromatic N) is 3. The number of hydrogen-bond acceptors (Lipinski definition) is 6. The molecule has 0 aliphatic carbocycles. The van der Waals surface area contributed by atoms with Gasteiger partial charge in [-0.25, -0.2) is 4.98 Å². The second-order valence-electron chi connectivity index (χ2n) is 5.58. The summed E-state index contributed by atoms with van der Waals surface area (Å²) in [5, 5.41) is 21.7. The van der Waals surface area contributed by atoms with E-state index in [0.29, 0.717) is 16.3 Å². The van der Waals surface area contributed by atoms with E-state index in [9.17, 15) is 20.0 Å². The minimum atomic E-state index is -0.971. The van der Waals surface area contributed by atoms with Gasteiger partial charge in [0.05, 0.1) is 28.7 Å². The van der Waals surface area contributed by atoms with E-state index < -0.39 is 16.6 Å². The third-order valence-electron chi connectivity index (χ3n) is 3.68. The molecule has 1 N–H and O–H groups in total. The Morgan fingerprint density at radius 3 is 2.69 bits per heavy atom. The van der Waals surface area contributed by atoms with Crippen molar-refractivity contribution in [3.8, 4) is 5.75 Å². The summed E-state index contributed by atoms with van der Waals surface area (Å²) in [6.45, 7) is -0.0981. The highest BCUT2D eigenvalue weighted by Gasteiger charge is 2.13. The molecule has 134 valence electrons. The summed E-state index contributed by atoms with van der Waals surface area (Å²) in [4.78, 5) is 26.9. The summed E-state index contributed by atoms with van der Waals surface area (Å²) in [5.74, 6) is 0.535. The summed E-state index contributed by atoms with van der Waals surface area (Å²) in [7, 11) is 0. The number of hydrogen-bond donors (Lipinski definition) is 1. The van der Waals surface area contributed by atoms with Crippen LogP contribution in [0.3, 0.4) is 0 Å². The highest BCUT2D eigenvalue weighted by molar-refractivity contribution is 6.30. The maximum atomic E-state index is 12.5. The van der Waals surface area contributed by atoms with Crippen LogP contribution in [0.2, 0.25) is 5.02 Å². The predicted octanol–water partition coefficient (Wildman–Crippen LogP) is 2.40. The van der Waals surface area contributed by atoms with Gasteiger partial charge in [-0.15, -0.1) is 0 Å². The van der Waals surface area contributed by atoms with Gasteiger partial charge in [0.1, 0.15) is 18.5 Å². The van der Waals surface area contributed by atoms with Gasteiger partial charge in [-0.3, -0.25) is 19.5 Å². The quantitative estimate of drug-likeness (QED) is 0.523. The molecule has 3 rings (SSSR count). The average Bonchev–Trinajstić information content (AvgIpc) is 2.63. The molecule has 0 aliphatic rings. The summed E-state index contributed by atoms with van der Waals surface area (Å²) in [6.07, 6.45) is 0.323. The first-order chi connectivity index (χ1) is 12.4. The number of nitro benzene ring substituents is 1. The predicted molar refractivity (Wildman–Crippen MR) is 95.6 cm³/mol. The van der Waals surface area contributed by atoms with Gasteiger partial charge >= 0.3 is 0 Å². The third-order valence-corrected chi connectivity index (χ3v) is 3.93. The van der Waals surface area contributed by atoms with Crippen molar-refractivity contribution in [2.24, 2.45) is 0 Å². The Bertz CT molecular complexity index is 1000. The Kier molecular flexibility index (Phi) is 5.15. The van der Waals surface area contributed by atoms with E-state index in [1.165, 1.54) is 29.1 Å². The highest BCUT2D eigenvalue weighted by Crippen LogP contribution is 2.17. The first-order valence-electron chi connectivity index (χ1n) is 7.64. The Morgan fingerprint density at radius 1 is 1.27 bits per heavy atom. The molecule has 0 bridgehead atoms. The number of aliphatic hydroxyl groups excluding tert-OH is 1. The minimum Gasteiger partial charge on any atom is -0.491 e. The van der Waals surface area contributed by atoms with Gasteiger partial charge < -0.3 is 9.84 Å². The van der Waals surface area contributed by atoms with E-state index in [-0.39, 0.29) is 24.2 Å². The van der Waals surface area contributed by atoms with Crippen molar-refractivity contribution in [1.82, 2.24) is 9.55 Å². The molecule has 1 aromatic heterocycles. The van der Waals surface area contributed by atoms with Crippen LogP contribution in [0.25, 0.3) is 10.9 Å². The minimum absolute atomic E-state index is 0.0406. The number of aliphatic hydroxyl groups is 1. The van der Waals surface area contributed by atoms with Crippen molar-refractivity contribution in [3.05, 3.63) is 74.3 Å². The lowest BCUT2D eigenvalue weighted by Crippen LogP contribution is -2.30. The van der Waals surface area contributed by atoms with Gasteiger partial charge in [-0.05, 0) is 30.3 Å². The zero-order valence-corrected chi connectivity index (χ0v) is 14.2. The van der Waals surface area contributed by atoms with Crippen molar-refractivity contribution in [2.45, 2.75) is 12.6 Å². The molecule has 26 heavy (non-hydrogen) atoms. The molecule has 3 aromatic rings. The molecular weight excluding hydrogens is 362 g/mol. The molecule has 0 aliphatic heterocycles. The molecule has 0 amide bonds. The zero-order valence-electron chi connectivity index (χ0n) is 13.4. The van der Waals surface area contributed by atoms with Gasteiger partial charge in [0, 0.05) is 17.2 Å². The Balaban J connectivity index is 1.75. The molecule has 9 heteroatoms. The van der Waals surface area contributed by atoms with Crippen LogP contribution in [-0.4, -0.2) is 32.3 Å². The first kappa shape index (κ1) is 17.8. The second kappa shape index (κ2) is 7.51. The first-order valence-corrected chi connectivity index (χ1v) is 8.02. The molecule has 0 fully saturated rings. The third kappa shape index (κ3) is 3.98. The number of non-ortho nitro benzene ring substituents is 1. The molecular formula is C17H14ClN3O5. The molecule has 1 heterocycles. The normalized spacial score (nSPS) is 12.1. The monoisotopic (exact) mass is 375 g/mol. The Labute approximate surface area is 152 Å². The van der Waals surface area contributed by atoms with Crippen molar-refractivity contribution in [2.75, 3.05) is 6.61 Å². The van der Waals surface area contributed by atoms with E-state index in [0.717, 1.165) is 0 Å². The number of halogens is 1. The van der Waals surface area contributed by atoms with Gasteiger partial charge in [0.15, 0.2) is 0 Å². The number of rotatable bonds is 6. The van der Waals surface area contributed by atoms with Crippen LogP contribution < -0.4 is 10.3 Å². The fourth-order valence-corrected chi connectivity index (χ4v) is 2.52. The maximum Gasteiger partial charge on any atom is 0.270 e. The smallest absolute Gasteiger partial charge is 0.270 e. The summed E-state index contributed by atoms with van der Waals surface area (Å²) >= 11 is 5.79. The summed E-state index contributed by atoms with van der Waals surface area (Å²) in [6, 6.07) is 10.5. The molecule has 2 aromatic carbocycles. The van der Waals surface area contributed by atoms with Crippen LogP contribution >= 0.6 is 11.6 Å². The SMILES string of the molecule is O=c1c2cc([N+](=O)[O-])ccc2ncn1CC(O)COc1ccc(Cl)cc1. The van der Waals surface area contributed by atoms with E-state index in [1.54, 1.807) is 24.3 Å². The number of fused-ring (bicyclic) bond motifs is 1. The van der Waals surface area contributed by atoms with E-state index in [1.807, 2.05) is 0 Å². The fraction of sp³-hybridized carbons (Fsp3) is 0.176. The Morgan fingerprint density at radius 2 is 2.00 bits per heavy atom. The lowest BCUT2D eigenvalue weighted by atomic mass is 10.2. The van der Waals surface area contributed by atoms with E-state index >= 15 is 0 Å². The highest BCUT2D eigenvalue weighted by atomic mass is 35.5. The molecule has 0 saturated carbocycles. The lowest BCUT2D eigenvalue weighted by Gasteiger charge is -2.14. The van der Waals surface area contributed by atoms with E-state index in [2.05, 4.69) is 4.98 Å². The average molecular weight is 376 g/mol. The second-order valence-corrected chi connectivity index (χ2v) is 6.02. The summed E-state index contributed by atoms with van der Waals surface area (Å²) in [5.41, 5.74) is -0.311. The van der Waals surface area contributed by atoms with Crippen molar-refractivity contribution < 1.29 is 14.8 Å². The van der Waals surface area contributed by atoms with Gasteiger partial charge in [0.2, 0.25) is 0 Å². The molecule has 0 spiro atoms. The van der Waals surface area contributed by atoms with Crippen LogP contribution in [0.5, 0.6) is 5.75 Å². The van der Waals surface area contributed by atoms with Crippen molar-refractivity contribution in [3.63, 3.8) is 0 Å². The van der Waals surface area contributed by atoms with Crippen LogP contribution in [0.15, 0.2) is 53.6 Å². The van der Waals surface area contributed by atoms with Crippen LogP contribution in [-0.2, 0) is 6.54 Å². The van der Waals surface area contributed by atoms with Gasteiger partial charge in [-0.1, -0.05) is 11.6 Å². The Hall–Kier alpha value is -2.97. The zero-order chi connectivity index (χ0) is 18.7. The molecule has 8 nitrogen and oxygen atoms in total. The molecule has 1 unspecified atom stereocenters.